The van der Waals surface area contributed by atoms with Gasteiger partial charge in [0.2, 0.25) is 0 Å². The Morgan fingerprint density at radius 1 is 0.547 bits per heavy atom. The molecule has 6 aromatic carbocycles. The molecule has 0 aromatic heterocycles. The van der Waals surface area contributed by atoms with E-state index in [1.165, 1.54) is 99.7 Å². The molecule has 0 radical (unpaired) electrons. The largest absolute Gasteiger partial charge is 0.309 e. The zero-order chi connectivity index (χ0) is 35.5. The van der Waals surface area contributed by atoms with E-state index in [9.17, 15) is 0 Å². The maximum absolute atomic E-state index is 2.60. The maximum Gasteiger partial charge on any atom is 0.0543 e. The van der Waals surface area contributed by atoms with Crippen LogP contribution in [0.15, 0.2) is 127 Å². The van der Waals surface area contributed by atoms with E-state index in [0.29, 0.717) is 5.41 Å². The van der Waals surface area contributed by atoms with Crippen LogP contribution < -0.4 is 4.90 Å². The monoisotopic (exact) mass is 687 g/mol. The summed E-state index contributed by atoms with van der Waals surface area (Å²) in [6.45, 7) is 9.76. The summed E-state index contributed by atoms with van der Waals surface area (Å²) >= 11 is 0. The molecule has 0 aliphatic heterocycles. The molecule has 0 saturated heterocycles. The highest BCUT2D eigenvalue weighted by Gasteiger charge is 2.84. The highest BCUT2D eigenvalue weighted by molar-refractivity contribution is 6.03. The van der Waals surface area contributed by atoms with Crippen LogP contribution in [0.25, 0.3) is 33.0 Å². The van der Waals surface area contributed by atoms with Gasteiger partial charge in [-0.1, -0.05) is 131 Å². The molecule has 2 bridgehead atoms. The molecular formula is C52H49N. The van der Waals surface area contributed by atoms with Gasteiger partial charge in [0, 0.05) is 22.1 Å². The third-order valence-electron chi connectivity index (χ3n) is 16.2. The van der Waals surface area contributed by atoms with E-state index >= 15 is 0 Å². The van der Waals surface area contributed by atoms with E-state index in [2.05, 4.69) is 160 Å². The van der Waals surface area contributed by atoms with E-state index < -0.39 is 0 Å². The van der Waals surface area contributed by atoms with Gasteiger partial charge in [0.25, 0.3) is 0 Å². The van der Waals surface area contributed by atoms with E-state index in [-0.39, 0.29) is 16.2 Å². The molecule has 6 atom stereocenters. The molecule has 262 valence electrons. The van der Waals surface area contributed by atoms with Crippen LogP contribution in [0.3, 0.4) is 0 Å². The maximum atomic E-state index is 2.60. The van der Waals surface area contributed by atoms with Crippen LogP contribution in [0.1, 0.15) is 88.5 Å². The Bertz CT molecular complexity index is 2510. The molecule has 6 aromatic rings. The van der Waals surface area contributed by atoms with Crippen molar-refractivity contribution in [2.24, 2.45) is 29.1 Å². The summed E-state index contributed by atoms with van der Waals surface area (Å²) in [7, 11) is 0. The van der Waals surface area contributed by atoms with Crippen LogP contribution in [0, 0.1) is 29.1 Å². The van der Waals surface area contributed by atoms with Gasteiger partial charge in [0.15, 0.2) is 0 Å². The summed E-state index contributed by atoms with van der Waals surface area (Å²) in [6.07, 6.45) is 8.30. The first-order valence-electron chi connectivity index (χ1n) is 20.5. The Balaban J connectivity index is 1.06. The molecule has 1 nitrogen and oxygen atoms in total. The number of hydrogen-bond donors (Lipinski definition) is 0. The molecule has 0 N–H and O–H groups in total. The number of rotatable bonds is 4. The number of nitrogens with zero attached hydrogens (tertiary/aromatic N) is 1. The summed E-state index contributed by atoms with van der Waals surface area (Å²) in [5, 5.41) is 2.57. The zero-order valence-electron chi connectivity index (χ0n) is 31.6. The van der Waals surface area contributed by atoms with Gasteiger partial charge in [-0.05, 0) is 147 Å². The van der Waals surface area contributed by atoms with E-state index in [4.69, 9.17) is 0 Å². The summed E-state index contributed by atoms with van der Waals surface area (Å²) in [5.41, 5.74) is 16.9. The second-order valence-corrected chi connectivity index (χ2v) is 19.2. The highest BCUT2D eigenvalue weighted by atomic mass is 15.1. The third kappa shape index (κ3) is 3.66. The molecule has 53 heavy (non-hydrogen) atoms. The first-order valence-corrected chi connectivity index (χ1v) is 20.5. The van der Waals surface area contributed by atoms with Gasteiger partial charge in [0.05, 0.1) is 11.4 Å². The topological polar surface area (TPSA) is 3.24 Å². The predicted molar refractivity (Wildman–Crippen MR) is 220 cm³/mol. The molecule has 12 rings (SSSR count). The average Bonchev–Trinajstić information content (AvgIpc) is 3.81. The lowest BCUT2D eigenvalue weighted by molar-refractivity contribution is -0.231. The van der Waals surface area contributed by atoms with Crippen LogP contribution in [0.4, 0.5) is 17.1 Å². The Hall–Kier alpha value is -4.62. The van der Waals surface area contributed by atoms with Crippen LogP contribution in [0.2, 0.25) is 0 Å². The smallest absolute Gasteiger partial charge is 0.0543 e. The van der Waals surface area contributed by atoms with E-state index in [1.807, 2.05) is 0 Å². The lowest BCUT2D eigenvalue weighted by atomic mass is 9.27. The van der Waals surface area contributed by atoms with Crippen LogP contribution in [0.5, 0.6) is 0 Å². The van der Waals surface area contributed by atoms with Gasteiger partial charge in [-0.15, -0.1) is 0 Å². The van der Waals surface area contributed by atoms with Crippen molar-refractivity contribution in [1.82, 2.24) is 0 Å². The second kappa shape index (κ2) is 10.1. The van der Waals surface area contributed by atoms with Crippen LogP contribution >= 0.6 is 0 Å². The lowest BCUT2D eigenvalue weighted by Crippen LogP contribution is -2.73. The Labute approximate surface area is 315 Å². The molecule has 0 heterocycles. The van der Waals surface area contributed by atoms with E-state index in [1.54, 1.807) is 11.1 Å². The molecule has 6 aliphatic rings. The molecule has 6 unspecified atom stereocenters. The number of hydrogen-bond acceptors (Lipinski definition) is 1. The number of anilines is 3. The normalized spacial score (nSPS) is 29.9. The second-order valence-electron chi connectivity index (χ2n) is 19.2. The Kier molecular flexibility index (Phi) is 5.88. The average molecular weight is 688 g/mol. The Morgan fingerprint density at radius 3 is 2.08 bits per heavy atom. The Morgan fingerprint density at radius 2 is 1.21 bits per heavy atom. The quantitative estimate of drug-likeness (QED) is 0.178. The zero-order valence-corrected chi connectivity index (χ0v) is 31.6. The summed E-state index contributed by atoms with van der Waals surface area (Å²) < 4.78 is 0. The van der Waals surface area contributed by atoms with Crippen molar-refractivity contribution in [2.75, 3.05) is 4.90 Å². The minimum Gasteiger partial charge on any atom is -0.309 e. The molecule has 2 spiro atoms. The van der Waals surface area contributed by atoms with E-state index in [0.717, 1.165) is 23.7 Å². The van der Waals surface area contributed by atoms with Gasteiger partial charge in [-0.25, -0.2) is 0 Å². The SMILES string of the molecule is CC1(C)CCC(C)(C)c2c(-c3ccc(N(c4cccc5c4-c4ccccc4C54C5CC6CC7CC4C75C6)c4cccc5ccccc45)cc3)cccc21. The highest BCUT2D eigenvalue weighted by Crippen LogP contribution is 2.89. The molecule has 0 amide bonds. The molecule has 6 aliphatic carbocycles. The minimum absolute atomic E-state index is 0.141. The van der Waals surface area contributed by atoms with Gasteiger partial charge in [0.1, 0.15) is 0 Å². The van der Waals surface area contributed by atoms with Crippen molar-refractivity contribution in [3.63, 3.8) is 0 Å². The van der Waals surface area contributed by atoms with Crippen molar-refractivity contribution in [1.29, 1.82) is 0 Å². The standard InChI is InChI=1S/C52H49N/c1-49(2)26-27-50(3,4)48-38(16-10-19-42(48)49)34-22-24-36(25-23-34)53(43-20-9-13-33-12-5-6-14-37(33)43)44-21-11-18-41-47(44)39-15-7-8-17-40(39)52(41)45-29-32-28-35-30-46(52)51(35,45)31-32/h5-25,32,35,45-46H,26-31H2,1-4H3. The van der Waals surface area contributed by atoms with Gasteiger partial charge < -0.3 is 4.90 Å². The van der Waals surface area contributed by atoms with Crippen molar-refractivity contribution < 1.29 is 0 Å². The van der Waals surface area contributed by atoms with Gasteiger partial charge in [-0.3, -0.25) is 0 Å². The van der Waals surface area contributed by atoms with Crippen LogP contribution in [-0.2, 0) is 16.2 Å². The molecule has 1 heteroatoms. The first kappa shape index (κ1) is 30.8. The van der Waals surface area contributed by atoms with Crippen molar-refractivity contribution >= 4 is 27.8 Å². The fourth-order valence-electron chi connectivity index (χ4n) is 14.1. The lowest BCUT2D eigenvalue weighted by Gasteiger charge is -2.76. The molecule has 4 fully saturated rings. The fraction of sp³-hybridized carbons (Fsp3) is 0.346. The first-order chi connectivity index (χ1) is 25.7. The summed E-state index contributed by atoms with van der Waals surface area (Å²) in [5.74, 6) is 3.53. The predicted octanol–water partition coefficient (Wildman–Crippen LogP) is 13.7. The number of fused-ring (bicyclic) bond motifs is 10. The van der Waals surface area contributed by atoms with Crippen molar-refractivity contribution in [2.45, 2.75) is 82.5 Å². The van der Waals surface area contributed by atoms with Crippen molar-refractivity contribution in [3.05, 3.63) is 150 Å². The fourth-order valence-corrected chi connectivity index (χ4v) is 14.1. The van der Waals surface area contributed by atoms with Gasteiger partial charge >= 0.3 is 0 Å². The van der Waals surface area contributed by atoms with Crippen molar-refractivity contribution in [3.8, 4) is 22.3 Å². The molecular weight excluding hydrogens is 639 g/mol. The third-order valence-corrected chi connectivity index (χ3v) is 16.2. The van der Waals surface area contributed by atoms with Crippen LogP contribution in [-0.4, -0.2) is 0 Å². The number of benzene rings is 6. The minimum atomic E-state index is 0.141. The van der Waals surface area contributed by atoms with Gasteiger partial charge in [-0.2, -0.15) is 0 Å². The molecule has 4 saturated carbocycles. The summed E-state index contributed by atoms with van der Waals surface area (Å²) in [6, 6.07) is 49.4. The summed E-state index contributed by atoms with van der Waals surface area (Å²) in [4.78, 5) is 2.60.